The molecular formula is C20H18F3N3O2S. The van der Waals surface area contributed by atoms with Gasteiger partial charge in [0.25, 0.3) is 0 Å². The molecule has 0 saturated heterocycles. The molecule has 0 saturated carbocycles. The zero-order valence-electron chi connectivity index (χ0n) is 15.1. The number of aromatic nitrogens is 1. The Hall–Kier alpha value is -2.91. The third-order valence-electron chi connectivity index (χ3n) is 4.21. The van der Waals surface area contributed by atoms with Crippen molar-refractivity contribution < 1.29 is 23.1 Å². The van der Waals surface area contributed by atoms with Gasteiger partial charge in [-0.25, -0.2) is 4.98 Å². The summed E-state index contributed by atoms with van der Waals surface area (Å²) in [6, 6.07) is 11.3. The fourth-order valence-corrected chi connectivity index (χ4v) is 3.44. The molecule has 0 spiro atoms. The van der Waals surface area contributed by atoms with Crippen molar-refractivity contribution in [3.63, 3.8) is 0 Å². The van der Waals surface area contributed by atoms with Crippen LogP contribution in [0.15, 0.2) is 53.9 Å². The van der Waals surface area contributed by atoms with E-state index < -0.39 is 23.8 Å². The summed E-state index contributed by atoms with van der Waals surface area (Å²) < 4.78 is 38.0. The Kier molecular flexibility index (Phi) is 6.19. The second-order valence-electron chi connectivity index (χ2n) is 6.42. The van der Waals surface area contributed by atoms with Gasteiger partial charge in [-0.05, 0) is 36.2 Å². The van der Waals surface area contributed by atoms with Crippen LogP contribution in [0.25, 0.3) is 10.6 Å². The van der Waals surface area contributed by atoms with Crippen LogP contribution in [0.5, 0.6) is 0 Å². The number of carbonyl (C=O) groups is 1. The van der Waals surface area contributed by atoms with Crippen molar-refractivity contribution in [3.8, 4) is 10.6 Å². The van der Waals surface area contributed by atoms with Gasteiger partial charge in [0, 0.05) is 16.6 Å². The summed E-state index contributed by atoms with van der Waals surface area (Å²) in [5.74, 6) is -1.04. The lowest BCUT2D eigenvalue weighted by atomic mass is 10.1. The smallest absolute Gasteiger partial charge is 0.416 e. The molecule has 1 unspecified atom stereocenters. The summed E-state index contributed by atoms with van der Waals surface area (Å²) in [7, 11) is 0. The number of benzene rings is 2. The molecule has 0 bridgehead atoms. The van der Waals surface area contributed by atoms with Gasteiger partial charge >= 0.3 is 12.1 Å². The third-order valence-corrected chi connectivity index (χ3v) is 5.15. The highest BCUT2D eigenvalue weighted by molar-refractivity contribution is 7.13. The van der Waals surface area contributed by atoms with Crippen molar-refractivity contribution >= 4 is 23.0 Å². The predicted octanol–water partition coefficient (Wildman–Crippen LogP) is 4.40. The quantitative estimate of drug-likeness (QED) is 0.526. The number of aliphatic carboxylic acids is 1. The van der Waals surface area contributed by atoms with E-state index in [0.29, 0.717) is 17.1 Å². The summed E-state index contributed by atoms with van der Waals surface area (Å²) in [5, 5.41) is 14.5. The molecule has 0 radical (unpaired) electrons. The first-order valence-corrected chi connectivity index (χ1v) is 9.53. The predicted molar refractivity (Wildman–Crippen MR) is 106 cm³/mol. The summed E-state index contributed by atoms with van der Waals surface area (Å²) in [6.07, 6.45) is -4.11. The van der Waals surface area contributed by atoms with Crippen molar-refractivity contribution in [3.05, 3.63) is 70.7 Å². The summed E-state index contributed by atoms with van der Waals surface area (Å²) in [5.41, 5.74) is 7.89. The first-order valence-electron chi connectivity index (χ1n) is 8.65. The zero-order valence-corrected chi connectivity index (χ0v) is 15.9. The Morgan fingerprint density at radius 2 is 1.79 bits per heavy atom. The minimum absolute atomic E-state index is 0.248. The molecule has 9 heteroatoms. The number of hydrogen-bond donors (Lipinski definition) is 3. The summed E-state index contributed by atoms with van der Waals surface area (Å²) >= 11 is 1.36. The molecule has 3 rings (SSSR count). The Morgan fingerprint density at radius 3 is 2.38 bits per heavy atom. The van der Waals surface area contributed by atoms with Crippen LogP contribution in [0.4, 0.5) is 18.9 Å². The number of anilines is 1. The number of nitrogens with zero attached hydrogens (tertiary/aromatic N) is 1. The molecule has 2 aromatic carbocycles. The summed E-state index contributed by atoms with van der Waals surface area (Å²) in [4.78, 5) is 15.3. The van der Waals surface area contributed by atoms with Crippen molar-refractivity contribution in [2.45, 2.75) is 25.2 Å². The van der Waals surface area contributed by atoms with E-state index in [2.05, 4.69) is 10.3 Å². The fourth-order valence-electron chi connectivity index (χ4n) is 2.62. The minimum Gasteiger partial charge on any atom is -0.480 e. The highest BCUT2D eigenvalue weighted by Gasteiger charge is 2.30. The van der Waals surface area contributed by atoms with Crippen molar-refractivity contribution in [2.24, 2.45) is 5.73 Å². The maximum absolute atomic E-state index is 12.7. The van der Waals surface area contributed by atoms with Crippen LogP contribution >= 0.6 is 11.3 Å². The molecule has 1 heterocycles. The van der Waals surface area contributed by atoms with Gasteiger partial charge in [-0.15, -0.1) is 11.3 Å². The molecule has 152 valence electrons. The molecule has 0 amide bonds. The van der Waals surface area contributed by atoms with E-state index in [-0.39, 0.29) is 6.42 Å². The molecule has 1 atom stereocenters. The standard InChI is InChI=1S/C20H18F3N3O2S/c21-20(22,23)14-5-3-13(4-6-14)18-26-16(11-29-18)10-25-15-7-1-12(2-8-15)9-17(24)19(27)28/h1-8,11,17,25H,9-10,24H2,(H,27,28). The molecule has 3 aromatic rings. The van der Waals surface area contributed by atoms with Crippen LogP contribution in [-0.2, 0) is 23.9 Å². The fraction of sp³-hybridized carbons (Fsp3) is 0.200. The highest BCUT2D eigenvalue weighted by atomic mass is 32.1. The van der Waals surface area contributed by atoms with Crippen molar-refractivity contribution in [1.29, 1.82) is 0 Å². The van der Waals surface area contributed by atoms with Gasteiger partial charge in [0.2, 0.25) is 0 Å². The Bertz CT molecular complexity index is 970. The second kappa shape index (κ2) is 8.62. The number of halogens is 3. The van der Waals surface area contributed by atoms with Crippen LogP contribution in [0.1, 0.15) is 16.8 Å². The van der Waals surface area contributed by atoms with Crippen LogP contribution in [0, 0.1) is 0 Å². The van der Waals surface area contributed by atoms with Crippen molar-refractivity contribution in [1.82, 2.24) is 4.98 Å². The number of carboxylic acid groups (broad SMARTS) is 1. The molecule has 0 fully saturated rings. The minimum atomic E-state index is -4.36. The largest absolute Gasteiger partial charge is 0.480 e. The molecule has 29 heavy (non-hydrogen) atoms. The van der Waals surface area contributed by atoms with Crippen LogP contribution in [-0.4, -0.2) is 22.1 Å². The molecule has 0 aliphatic rings. The number of nitrogens with one attached hydrogen (secondary N) is 1. The normalized spacial score (nSPS) is 12.6. The number of thiazole rings is 1. The lowest BCUT2D eigenvalue weighted by Gasteiger charge is -2.08. The van der Waals surface area contributed by atoms with E-state index in [0.717, 1.165) is 29.1 Å². The maximum atomic E-state index is 12.7. The molecule has 1 aromatic heterocycles. The summed E-state index contributed by atoms with van der Waals surface area (Å²) in [6.45, 7) is 0.450. The molecule has 0 aliphatic carbocycles. The average Bonchev–Trinajstić information content (AvgIpc) is 3.16. The Balaban J connectivity index is 1.58. The first-order chi connectivity index (χ1) is 13.7. The topological polar surface area (TPSA) is 88.2 Å². The van der Waals surface area contributed by atoms with Gasteiger partial charge in [-0.2, -0.15) is 13.2 Å². The Labute approximate surface area is 169 Å². The Morgan fingerprint density at radius 1 is 1.14 bits per heavy atom. The number of hydrogen-bond acceptors (Lipinski definition) is 5. The number of nitrogens with two attached hydrogens (primary N) is 1. The van der Waals surface area contributed by atoms with Gasteiger partial charge in [-0.1, -0.05) is 24.3 Å². The number of alkyl halides is 3. The van der Waals surface area contributed by atoms with Crippen LogP contribution in [0.3, 0.4) is 0 Å². The SMILES string of the molecule is NC(Cc1ccc(NCc2csc(-c3ccc(C(F)(F)F)cc3)n2)cc1)C(=O)O. The average molecular weight is 421 g/mol. The van der Waals surface area contributed by atoms with E-state index in [1.165, 1.54) is 23.5 Å². The third kappa shape index (κ3) is 5.55. The second-order valence-corrected chi connectivity index (χ2v) is 7.28. The van der Waals surface area contributed by atoms with E-state index >= 15 is 0 Å². The van der Waals surface area contributed by atoms with Gasteiger partial charge in [0.15, 0.2) is 0 Å². The molecule has 0 aliphatic heterocycles. The lowest BCUT2D eigenvalue weighted by molar-refractivity contribution is -0.139. The van der Waals surface area contributed by atoms with Crippen LogP contribution in [0.2, 0.25) is 0 Å². The molecule has 5 nitrogen and oxygen atoms in total. The van der Waals surface area contributed by atoms with Gasteiger partial charge in [0.05, 0.1) is 17.8 Å². The number of rotatable bonds is 7. The lowest BCUT2D eigenvalue weighted by Crippen LogP contribution is -2.32. The van der Waals surface area contributed by atoms with Gasteiger partial charge in [-0.3, -0.25) is 4.79 Å². The van der Waals surface area contributed by atoms with E-state index in [1.807, 2.05) is 17.5 Å². The van der Waals surface area contributed by atoms with Crippen molar-refractivity contribution in [2.75, 3.05) is 5.32 Å². The van der Waals surface area contributed by atoms with Gasteiger partial charge in [0.1, 0.15) is 11.0 Å². The maximum Gasteiger partial charge on any atom is 0.416 e. The zero-order chi connectivity index (χ0) is 21.0. The van der Waals surface area contributed by atoms with E-state index in [4.69, 9.17) is 10.8 Å². The monoisotopic (exact) mass is 421 g/mol. The van der Waals surface area contributed by atoms with Gasteiger partial charge < -0.3 is 16.2 Å². The first kappa shape index (κ1) is 20.8. The molecule has 4 N–H and O–H groups in total. The number of carboxylic acids is 1. The van der Waals surface area contributed by atoms with Crippen LogP contribution < -0.4 is 11.1 Å². The van der Waals surface area contributed by atoms with E-state index in [1.54, 1.807) is 12.1 Å². The molecular weight excluding hydrogens is 403 g/mol. The van der Waals surface area contributed by atoms with E-state index in [9.17, 15) is 18.0 Å². The highest BCUT2D eigenvalue weighted by Crippen LogP contribution is 2.31.